The number of likely N-dealkylation sites (N-methyl/N-ethyl adjacent to an activating group) is 1. The lowest BCUT2D eigenvalue weighted by molar-refractivity contribution is -0.0972. The molecule has 2 heterocycles. The van der Waals surface area contributed by atoms with Crippen molar-refractivity contribution >= 4 is 0 Å². The van der Waals surface area contributed by atoms with Crippen LogP contribution in [0.1, 0.15) is 32.6 Å². The minimum Gasteiger partial charge on any atom is -0.375 e. The highest BCUT2D eigenvalue weighted by Gasteiger charge is 2.34. The first-order chi connectivity index (χ1) is 10.2. The molecule has 122 valence electrons. The van der Waals surface area contributed by atoms with Crippen molar-refractivity contribution in [3.63, 3.8) is 0 Å². The summed E-state index contributed by atoms with van der Waals surface area (Å²) in [5, 5.41) is 0. The van der Waals surface area contributed by atoms with Gasteiger partial charge in [0, 0.05) is 45.8 Å². The van der Waals surface area contributed by atoms with Crippen LogP contribution in [0.4, 0.5) is 0 Å². The van der Waals surface area contributed by atoms with E-state index in [0.29, 0.717) is 12.2 Å². The van der Waals surface area contributed by atoms with Crippen LogP contribution in [0.25, 0.3) is 0 Å². The molecule has 1 saturated carbocycles. The Morgan fingerprint density at radius 1 is 0.857 bits per heavy atom. The van der Waals surface area contributed by atoms with Gasteiger partial charge in [-0.05, 0) is 45.2 Å². The monoisotopic (exact) mass is 295 g/mol. The van der Waals surface area contributed by atoms with Gasteiger partial charge in [0.25, 0.3) is 0 Å². The molecule has 1 aliphatic carbocycles. The molecule has 3 aliphatic rings. The normalized spacial score (nSPS) is 34.0. The summed E-state index contributed by atoms with van der Waals surface area (Å²) in [6.07, 6.45) is 6.19. The summed E-state index contributed by atoms with van der Waals surface area (Å²) < 4.78 is 6.28. The third-order valence-electron chi connectivity index (χ3n) is 5.67. The Hall–Kier alpha value is -0.160. The van der Waals surface area contributed by atoms with Crippen molar-refractivity contribution in [2.24, 2.45) is 5.92 Å². The van der Waals surface area contributed by atoms with E-state index in [2.05, 4.69) is 28.7 Å². The molecule has 0 radical (unpaired) electrons. The van der Waals surface area contributed by atoms with E-state index < -0.39 is 0 Å². The Labute approximate surface area is 130 Å². The molecule has 3 rings (SSSR count). The number of hydrogen-bond acceptors (Lipinski definition) is 4. The van der Waals surface area contributed by atoms with Crippen LogP contribution in [0.5, 0.6) is 0 Å². The molecule has 0 amide bonds. The zero-order valence-corrected chi connectivity index (χ0v) is 14.0. The maximum atomic E-state index is 6.28. The summed E-state index contributed by atoms with van der Waals surface area (Å²) in [4.78, 5) is 7.64. The van der Waals surface area contributed by atoms with Crippen molar-refractivity contribution in [3.05, 3.63) is 0 Å². The minimum atomic E-state index is 0.542. The lowest BCUT2D eigenvalue weighted by atomic mass is 9.81. The van der Waals surface area contributed by atoms with Crippen LogP contribution in [-0.4, -0.2) is 86.3 Å². The van der Waals surface area contributed by atoms with Gasteiger partial charge in [-0.1, -0.05) is 6.92 Å². The summed E-state index contributed by atoms with van der Waals surface area (Å²) >= 11 is 0. The van der Waals surface area contributed by atoms with Gasteiger partial charge in [0.15, 0.2) is 0 Å². The largest absolute Gasteiger partial charge is 0.375 e. The third-order valence-corrected chi connectivity index (χ3v) is 5.67. The quantitative estimate of drug-likeness (QED) is 0.765. The molecule has 4 nitrogen and oxygen atoms in total. The molecule has 0 aromatic heterocycles. The van der Waals surface area contributed by atoms with Gasteiger partial charge in [-0.2, -0.15) is 0 Å². The highest BCUT2D eigenvalue weighted by atomic mass is 16.5. The van der Waals surface area contributed by atoms with Gasteiger partial charge in [-0.25, -0.2) is 0 Å². The van der Waals surface area contributed by atoms with E-state index >= 15 is 0 Å². The number of likely N-dealkylation sites (tertiary alicyclic amines) is 1. The van der Waals surface area contributed by atoms with Crippen molar-refractivity contribution < 1.29 is 4.74 Å². The Kier molecular flexibility index (Phi) is 5.54. The SMILES string of the molecule is CCN1CCN(CC2CC(OC3CCN(C)CC3)C2)CC1. The molecule has 2 aliphatic heterocycles. The summed E-state index contributed by atoms with van der Waals surface area (Å²) in [6, 6.07) is 0. The van der Waals surface area contributed by atoms with E-state index in [1.165, 1.54) is 78.0 Å². The van der Waals surface area contributed by atoms with Gasteiger partial charge in [0.05, 0.1) is 12.2 Å². The second kappa shape index (κ2) is 7.40. The zero-order chi connectivity index (χ0) is 14.7. The fourth-order valence-electron chi connectivity index (χ4n) is 3.98. The molecule has 4 heteroatoms. The number of nitrogens with zero attached hydrogens (tertiary/aromatic N) is 3. The Bertz CT molecular complexity index is 303. The summed E-state index contributed by atoms with van der Waals surface area (Å²) in [5.74, 6) is 0.898. The molecule has 21 heavy (non-hydrogen) atoms. The molecule has 0 bridgehead atoms. The van der Waals surface area contributed by atoms with Crippen LogP contribution in [-0.2, 0) is 4.74 Å². The minimum absolute atomic E-state index is 0.542. The first kappa shape index (κ1) is 15.7. The second-order valence-electron chi connectivity index (χ2n) is 7.33. The third kappa shape index (κ3) is 4.41. The summed E-state index contributed by atoms with van der Waals surface area (Å²) in [6.45, 7) is 12.3. The second-order valence-corrected chi connectivity index (χ2v) is 7.33. The van der Waals surface area contributed by atoms with Gasteiger partial charge in [0.2, 0.25) is 0 Å². The van der Waals surface area contributed by atoms with Crippen LogP contribution in [0, 0.1) is 5.92 Å². The predicted octanol–water partition coefficient (Wildman–Crippen LogP) is 1.51. The molecule has 2 saturated heterocycles. The standard InChI is InChI=1S/C17H33N3O/c1-3-19-8-10-20(11-9-19)14-15-12-17(13-15)21-16-4-6-18(2)7-5-16/h15-17H,3-14H2,1-2H3. The van der Waals surface area contributed by atoms with Crippen molar-refractivity contribution in [1.82, 2.24) is 14.7 Å². The van der Waals surface area contributed by atoms with E-state index in [1.807, 2.05) is 0 Å². The fourth-order valence-corrected chi connectivity index (χ4v) is 3.98. The lowest BCUT2D eigenvalue weighted by Crippen LogP contribution is -2.50. The number of hydrogen-bond donors (Lipinski definition) is 0. The molecular weight excluding hydrogens is 262 g/mol. The summed E-state index contributed by atoms with van der Waals surface area (Å²) in [5.41, 5.74) is 0. The van der Waals surface area contributed by atoms with Crippen LogP contribution in [0.2, 0.25) is 0 Å². The molecule has 0 unspecified atom stereocenters. The number of ether oxygens (including phenoxy) is 1. The average Bonchev–Trinajstić information content (AvgIpc) is 2.48. The van der Waals surface area contributed by atoms with Crippen molar-refractivity contribution in [2.45, 2.75) is 44.8 Å². The zero-order valence-electron chi connectivity index (χ0n) is 14.0. The Morgan fingerprint density at radius 2 is 1.48 bits per heavy atom. The topological polar surface area (TPSA) is 19.0 Å². The highest BCUT2D eigenvalue weighted by molar-refractivity contribution is 4.85. The lowest BCUT2D eigenvalue weighted by Gasteiger charge is -2.43. The molecule has 0 atom stereocenters. The van der Waals surface area contributed by atoms with Crippen LogP contribution >= 0.6 is 0 Å². The van der Waals surface area contributed by atoms with Crippen LogP contribution in [0.3, 0.4) is 0 Å². The molecular formula is C17H33N3O. The molecule has 0 aromatic carbocycles. The van der Waals surface area contributed by atoms with Crippen LogP contribution in [0.15, 0.2) is 0 Å². The predicted molar refractivity (Wildman–Crippen MR) is 86.7 cm³/mol. The maximum absolute atomic E-state index is 6.28. The molecule has 0 spiro atoms. The van der Waals surface area contributed by atoms with Crippen molar-refractivity contribution in [2.75, 3.05) is 59.4 Å². The van der Waals surface area contributed by atoms with Gasteiger partial charge in [-0.15, -0.1) is 0 Å². The van der Waals surface area contributed by atoms with E-state index in [1.54, 1.807) is 0 Å². The first-order valence-electron chi connectivity index (χ1n) is 9.01. The Morgan fingerprint density at radius 3 is 2.10 bits per heavy atom. The smallest absolute Gasteiger partial charge is 0.0603 e. The van der Waals surface area contributed by atoms with E-state index in [9.17, 15) is 0 Å². The van der Waals surface area contributed by atoms with Gasteiger partial charge in [-0.3, -0.25) is 0 Å². The average molecular weight is 295 g/mol. The molecule has 0 aromatic rings. The van der Waals surface area contributed by atoms with Crippen molar-refractivity contribution in [1.29, 1.82) is 0 Å². The highest BCUT2D eigenvalue weighted by Crippen LogP contribution is 2.33. The van der Waals surface area contributed by atoms with Gasteiger partial charge in [0.1, 0.15) is 0 Å². The van der Waals surface area contributed by atoms with E-state index in [4.69, 9.17) is 4.74 Å². The first-order valence-corrected chi connectivity index (χ1v) is 9.01. The van der Waals surface area contributed by atoms with Crippen molar-refractivity contribution in [3.8, 4) is 0 Å². The fraction of sp³-hybridized carbons (Fsp3) is 1.00. The Balaban J connectivity index is 1.28. The number of rotatable bonds is 5. The van der Waals surface area contributed by atoms with E-state index in [-0.39, 0.29) is 0 Å². The summed E-state index contributed by atoms with van der Waals surface area (Å²) in [7, 11) is 2.22. The molecule has 0 N–H and O–H groups in total. The van der Waals surface area contributed by atoms with E-state index in [0.717, 1.165) is 5.92 Å². The van der Waals surface area contributed by atoms with Gasteiger partial charge < -0.3 is 19.4 Å². The number of piperazine rings is 1. The number of piperidine rings is 1. The van der Waals surface area contributed by atoms with Crippen LogP contribution < -0.4 is 0 Å². The maximum Gasteiger partial charge on any atom is 0.0603 e. The van der Waals surface area contributed by atoms with Gasteiger partial charge >= 0.3 is 0 Å². The molecule has 3 fully saturated rings.